The average molecular weight is 307 g/mol. The number of nitrogens with zero attached hydrogens (tertiary/aromatic N) is 1. The van der Waals surface area contributed by atoms with E-state index < -0.39 is 10.0 Å². The zero-order chi connectivity index (χ0) is 14.6. The standard InChI is InChI=1S/C14H11ClN2O2S/c15-13-3-1-2-4-14(13)20(18,19)17-10-12-7-5-11(9-16)6-8-12/h1-8,17H,10H2. The van der Waals surface area contributed by atoms with E-state index in [1.165, 1.54) is 12.1 Å². The summed E-state index contributed by atoms with van der Waals surface area (Å²) in [6.45, 7) is 0.138. The van der Waals surface area contributed by atoms with E-state index in [0.717, 1.165) is 5.56 Å². The number of halogens is 1. The molecule has 2 rings (SSSR count). The predicted octanol–water partition coefficient (Wildman–Crippen LogP) is 2.69. The fraction of sp³-hybridized carbons (Fsp3) is 0.0714. The van der Waals surface area contributed by atoms with Gasteiger partial charge in [-0.1, -0.05) is 35.9 Å². The van der Waals surface area contributed by atoms with Crippen molar-refractivity contribution in [1.29, 1.82) is 5.26 Å². The smallest absolute Gasteiger partial charge is 0.207 e. The Morgan fingerprint density at radius 1 is 1.10 bits per heavy atom. The van der Waals surface area contributed by atoms with E-state index in [0.29, 0.717) is 5.56 Å². The van der Waals surface area contributed by atoms with Crippen LogP contribution in [0.15, 0.2) is 53.4 Å². The Morgan fingerprint density at radius 2 is 1.75 bits per heavy atom. The summed E-state index contributed by atoms with van der Waals surface area (Å²) in [6.07, 6.45) is 0. The lowest BCUT2D eigenvalue weighted by Crippen LogP contribution is -2.23. The van der Waals surface area contributed by atoms with Gasteiger partial charge in [-0.05, 0) is 29.8 Å². The van der Waals surface area contributed by atoms with E-state index in [1.807, 2.05) is 6.07 Å². The largest absolute Gasteiger partial charge is 0.242 e. The van der Waals surface area contributed by atoms with Gasteiger partial charge in [-0.15, -0.1) is 0 Å². The molecular formula is C14H11ClN2O2S. The number of sulfonamides is 1. The molecule has 0 unspecified atom stereocenters. The molecule has 4 nitrogen and oxygen atoms in total. The van der Waals surface area contributed by atoms with E-state index in [9.17, 15) is 8.42 Å². The summed E-state index contributed by atoms with van der Waals surface area (Å²) in [6, 6.07) is 14.9. The van der Waals surface area contributed by atoms with Crippen LogP contribution in [0.5, 0.6) is 0 Å². The molecule has 0 fully saturated rings. The Balaban J connectivity index is 2.13. The zero-order valence-corrected chi connectivity index (χ0v) is 11.9. The molecule has 0 saturated carbocycles. The molecule has 0 atom stereocenters. The van der Waals surface area contributed by atoms with Crippen LogP contribution in [0.1, 0.15) is 11.1 Å². The van der Waals surface area contributed by atoms with Crippen molar-refractivity contribution in [3.8, 4) is 6.07 Å². The number of nitriles is 1. The summed E-state index contributed by atoms with van der Waals surface area (Å²) >= 11 is 5.87. The molecule has 0 bridgehead atoms. The maximum absolute atomic E-state index is 12.1. The number of hydrogen-bond donors (Lipinski definition) is 1. The van der Waals surface area contributed by atoms with Gasteiger partial charge >= 0.3 is 0 Å². The first-order chi connectivity index (χ1) is 9.53. The van der Waals surface area contributed by atoms with Gasteiger partial charge in [0.05, 0.1) is 16.7 Å². The summed E-state index contributed by atoms with van der Waals surface area (Å²) in [5, 5.41) is 8.87. The molecule has 0 heterocycles. The van der Waals surface area contributed by atoms with Crippen molar-refractivity contribution >= 4 is 21.6 Å². The Labute approximate surface area is 122 Å². The van der Waals surface area contributed by atoms with Crippen LogP contribution in [0.25, 0.3) is 0 Å². The third-order valence-electron chi connectivity index (χ3n) is 2.68. The van der Waals surface area contributed by atoms with Gasteiger partial charge < -0.3 is 0 Å². The predicted molar refractivity (Wildman–Crippen MR) is 76.6 cm³/mol. The van der Waals surface area contributed by atoms with Crippen molar-refractivity contribution in [3.63, 3.8) is 0 Å². The average Bonchev–Trinajstić information content (AvgIpc) is 2.46. The lowest BCUT2D eigenvalue weighted by Gasteiger charge is -2.08. The van der Waals surface area contributed by atoms with Crippen molar-refractivity contribution in [3.05, 3.63) is 64.7 Å². The van der Waals surface area contributed by atoms with Crippen LogP contribution in [-0.4, -0.2) is 8.42 Å². The SMILES string of the molecule is N#Cc1ccc(CNS(=O)(=O)c2ccccc2Cl)cc1. The number of benzene rings is 2. The summed E-state index contributed by atoms with van der Waals surface area (Å²) in [5.74, 6) is 0. The van der Waals surface area contributed by atoms with Crippen molar-refractivity contribution in [1.82, 2.24) is 4.72 Å². The third-order valence-corrected chi connectivity index (χ3v) is 4.58. The molecule has 0 aliphatic carbocycles. The Hall–Kier alpha value is -1.87. The zero-order valence-electron chi connectivity index (χ0n) is 10.4. The monoisotopic (exact) mass is 306 g/mol. The van der Waals surface area contributed by atoms with E-state index >= 15 is 0 Å². The van der Waals surface area contributed by atoms with Gasteiger partial charge in [0.25, 0.3) is 0 Å². The first-order valence-corrected chi connectivity index (χ1v) is 7.62. The van der Waals surface area contributed by atoms with Gasteiger partial charge in [0, 0.05) is 6.54 Å². The fourth-order valence-electron chi connectivity index (χ4n) is 1.62. The molecule has 2 aromatic rings. The second-order valence-corrected chi connectivity index (χ2v) is 6.21. The fourth-order valence-corrected chi connectivity index (χ4v) is 3.15. The minimum absolute atomic E-state index is 0.0512. The van der Waals surface area contributed by atoms with Gasteiger partial charge in [-0.2, -0.15) is 5.26 Å². The normalized spacial score (nSPS) is 11.0. The number of rotatable bonds is 4. The van der Waals surface area contributed by atoms with Gasteiger partial charge in [0.2, 0.25) is 10.0 Å². The number of hydrogen-bond acceptors (Lipinski definition) is 3. The van der Waals surface area contributed by atoms with Crippen molar-refractivity contribution in [2.45, 2.75) is 11.4 Å². The minimum atomic E-state index is -3.65. The summed E-state index contributed by atoms with van der Waals surface area (Å²) < 4.78 is 26.7. The maximum Gasteiger partial charge on any atom is 0.242 e. The Bertz CT molecular complexity index is 749. The summed E-state index contributed by atoms with van der Waals surface area (Å²) in [5.41, 5.74) is 1.29. The summed E-state index contributed by atoms with van der Waals surface area (Å²) in [4.78, 5) is 0.0512. The highest BCUT2D eigenvalue weighted by Crippen LogP contribution is 2.20. The second kappa shape index (κ2) is 6.06. The molecule has 0 aromatic heterocycles. The van der Waals surface area contributed by atoms with Crippen LogP contribution in [0, 0.1) is 11.3 Å². The lowest BCUT2D eigenvalue weighted by molar-refractivity contribution is 0.581. The van der Waals surface area contributed by atoms with Crippen molar-refractivity contribution in [2.75, 3.05) is 0 Å². The first-order valence-electron chi connectivity index (χ1n) is 5.76. The van der Waals surface area contributed by atoms with Crippen molar-refractivity contribution < 1.29 is 8.42 Å². The molecule has 0 aliphatic rings. The van der Waals surface area contributed by atoms with E-state index in [-0.39, 0.29) is 16.5 Å². The summed E-state index contributed by atoms with van der Waals surface area (Å²) in [7, 11) is -3.65. The Kier molecular flexibility index (Phi) is 4.40. The van der Waals surface area contributed by atoms with Gasteiger partial charge in [0.1, 0.15) is 4.90 Å². The van der Waals surface area contributed by atoms with Crippen LogP contribution in [0.2, 0.25) is 5.02 Å². The van der Waals surface area contributed by atoms with Crippen LogP contribution in [0.3, 0.4) is 0 Å². The highest BCUT2D eigenvalue weighted by Gasteiger charge is 2.16. The molecule has 0 amide bonds. The van der Waals surface area contributed by atoms with E-state index in [1.54, 1.807) is 36.4 Å². The third kappa shape index (κ3) is 3.36. The molecule has 0 aliphatic heterocycles. The minimum Gasteiger partial charge on any atom is -0.207 e. The molecule has 6 heteroatoms. The van der Waals surface area contributed by atoms with Gasteiger partial charge in [-0.25, -0.2) is 13.1 Å². The van der Waals surface area contributed by atoms with Crippen molar-refractivity contribution in [2.24, 2.45) is 0 Å². The molecule has 0 saturated heterocycles. The molecule has 102 valence electrons. The molecule has 1 N–H and O–H groups in total. The molecule has 2 aromatic carbocycles. The maximum atomic E-state index is 12.1. The van der Waals surface area contributed by atoms with Crippen LogP contribution in [-0.2, 0) is 16.6 Å². The topological polar surface area (TPSA) is 70.0 Å². The van der Waals surface area contributed by atoms with Gasteiger partial charge in [0.15, 0.2) is 0 Å². The van der Waals surface area contributed by atoms with E-state index in [4.69, 9.17) is 16.9 Å². The van der Waals surface area contributed by atoms with Gasteiger partial charge in [-0.3, -0.25) is 0 Å². The van der Waals surface area contributed by atoms with E-state index in [2.05, 4.69) is 4.72 Å². The molecule has 0 spiro atoms. The molecule has 0 radical (unpaired) electrons. The molecule has 20 heavy (non-hydrogen) atoms. The lowest BCUT2D eigenvalue weighted by atomic mass is 10.1. The number of nitrogens with one attached hydrogen (secondary N) is 1. The highest BCUT2D eigenvalue weighted by atomic mass is 35.5. The second-order valence-electron chi connectivity index (χ2n) is 4.06. The first kappa shape index (κ1) is 14.5. The Morgan fingerprint density at radius 3 is 2.35 bits per heavy atom. The van der Waals surface area contributed by atoms with Crippen LogP contribution in [0.4, 0.5) is 0 Å². The highest BCUT2D eigenvalue weighted by molar-refractivity contribution is 7.89. The molecular weight excluding hydrogens is 296 g/mol. The van der Waals surface area contributed by atoms with Crippen LogP contribution < -0.4 is 4.72 Å². The van der Waals surface area contributed by atoms with Crippen LogP contribution >= 0.6 is 11.6 Å². The quantitative estimate of drug-likeness (QED) is 0.944.